The minimum Gasteiger partial charge on any atom is -0.462 e. The van der Waals surface area contributed by atoms with Gasteiger partial charge in [-0.25, -0.2) is 27.2 Å². The van der Waals surface area contributed by atoms with E-state index in [1.54, 1.807) is 13.8 Å². The van der Waals surface area contributed by atoms with Gasteiger partial charge in [-0.2, -0.15) is 0 Å². The van der Waals surface area contributed by atoms with E-state index in [9.17, 15) is 27.2 Å². The van der Waals surface area contributed by atoms with Crippen LogP contribution in [0.2, 0.25) is 0 Å². The lowest BCUT2D eigenvalue weighted by Gasteiger charge is -2.12. The van der Waals surface area contributed by atoms with Crippen LogP contribution in [0.25, 0.3) is 0 Å². The van der Waals surface area contributed by atoms with Gasteiger partial charge in [0.2, 0.25) is 0 Å². The predicted molar refractivity (Wildman–Crippen MR) is 76.7 cm³/mol. The quantitative estimate of drug-likeness (QED) is 0.232. The first kappa shape index (κ1) is 19.9. The summed E-state index contributed by atoms with van der Waals surface area (Å²) in [6.45, 7) is 3.31. The van der Waals surface area contributed by atoms with Crippen LogP contribution in [-0.2, 0) is 9.47 Å². The minimum absolute atomic E-state index is 0.139. The second-order valence-corrected chi connectivity index (χ2v) is 4.98. The molecule has 24 heavy (non-hydrogen) atoms. The van der Waals surface area contributed by atoms with Crippen molar-refractivity contribution in [3.8, 4) is 0 Å². The van der Waals surface area contributed by atoms with Crippen LogP contribution in [0.15, 0.2) is 0 Å². The molecule has 0 saturated heterocycles. The van der Waals surface area contributed by atoms with Crippen molar-refractivity contribution in [2.45, 2.75) is 39.5 Å². The van der Waals surface area contributed by atoms with Crippen molar-refractivity contribution in [2.24, 2.45) is 0 Å². The molecule has 0 unspecified atom stereocenters. The zero-order valence-corrected chi connectivity index (χ0v) is 13.4. The molecule has 4 nitrogen and oxygen atoms in total. The number of benzene rings is 1. The second-order valence-electron chi connectivity index (χ2n) is 4.98. The van der Waals surface area contributed by atoms with Crippen LogP contribution in [0.1, 0.15) is 60.2 Å². The molecular formula is C16H18F4O4. The molecule has 0 heterocycles. The van der Waals surface area contributed by atoms with Crippen LogP contribution in [0.5, 0.6) is 0 Å². The summed E-state index contributed by atoms with van der Waals surface area (Å²) in [5.41, 5.74) is -2.60. The van der Waals surface area contributed by atoms with Gasteiger partial charge >= 0.3 is 11.9 Å². The topological polar surface area (TPSA) is 52.6 Å². The molecule has 0 spiro atoms. The molecule has 0 aliphatic rings. The lowest BCUT2D eigenvalue weighted by atomic mass is 10.0. The third kappa shape index (κ3) is 4.46. The Labute approximate surface area is 136 Å². The highest BCUT2D eigenvalue weighted by Gasteiger charge is 2.34. The highest BCUT2D eigenvalue weighted by molar-refractivity contribution is 6.03. The number of hydrogen-bond acceptors (Lipinski definition) is 4. The van der Waals surface area contributed by atoms with Crippen molar-refractivity contribution in [1.29, 1.82) is 0 Å². The lowest BCUT2D eigenvalue weighted by Crippen LogP contribution is -2.21. The van der Waals surface area contributed by atoms with E-state index in [0.717, 1.165) is 0 Å². The first-order valence-corrected chi connectivity index (χ1v) is 7.56. The Kier molecular flexibility index (Phi) is 7.67. The molecule has 0 atom stereocenters. The standard InChI is InChI=1S/C16H18F4O4/c1-3-5-7-23-15(21)9-10(16(22)24-8-6-4-2)12(18)14(20)13(19)11(9)17/h3-8H2,1-2H3. The number of unbranched alkanes of at least 4 members (excludes halogenated alkanes) is 2. The van der Waals surface area contributed by atoms with E-state index >= 15 is 0 Å². The molecule has 0 amide bonds. The molecule has 0 N–H and O–H groups in total. The molecule has 0 aliphatic heterocycles. The van der Waals surface area contributed by atoms with Crippen molar-refractivity contribution in [1.82, 2.24) is 0 Å². The summed E-state index contributed by atoms with van der Waals surface area (Å²) >= 11 is 0. The first-order valence-electron chi connectivity index (χ1n) is 7.56. The average molecular weight is 350 g/mol. The van der Waals surface area contributed by atoms with Gasteiger partial charge in [-0.05, 0) is 12.8 Å². The summed E-state index contributed by atoms with van der Waals surface area (Å²) in [7, 11) is 0. The maximum atomic E-state index is 13.9. The van der Waals surface area contributed by atoms with Crippen molar-refractivity contribution < 1.29 is 36.6 Å². The van der Waals surface area contributed by atoms with Crippen molar-refractivity contribution in [3.63, 3.8) is 0 Å². The number of ether oxygens (including phenoxy) is 2. The molecule has 0 fully saturated rings. The van der Waals surface area contributed by atoms with Gasteiger partial charge in [-0.3, -0.25) is 0 Å². The van der Waals surface area contributed by atoms with Gasteiger partial charge < -0.3 is 9.47 Å². The van der Waals surface area contributed by atoms with Crippen LogP contribution in [0.4, 0.5) is 17.6 Å². The molecule has 0 aromatic heterocycles. The van der Waals surface area contributed by atoms with Gasteiger partial charge in [0, 0.05) is 0 Å². The zero-order valence-electron chi connectivity index (χ0n) is 13.4. The van der Waals surface area contributed by atoms with Gasteiger partial charge in [0.1, 0.15) is 11.1 Å². The van der Waals surface area contributed by atoms with Crippen LogP contribution in [0.3, 0.4) is 0 Å². The van der Waals surface area contributed by atoms with Crippen molar-refractivity contribution in [3.05, 3.63) is 34.4 Å². The Hall–Kier alpha value is -2.12. The summed E-state index contributed by atoms with van der Waals surface area (Å²) in [6, 6.07) is 0. The van der Waals surface area contributed by atoms with Crippen LogP contribution in [-0.4, -0.2) is 25.2 Å². The van der Waals surface area contributed by atoms with Crippen molar-refractivity contribution >= 4 is 11.9 Å². The third-order valence-corrected chi connectivity index (χ3v) is 3.14. The fraction of sp³-hybridized carbons (Fsp3) is 0.500. The molecule has 0 aliphatic carbocycles. The smallest absolute Gasteiger partial charge is 0.342 e. The van der Waals surface area contributed by atoms with Crippen LogP contribution < -0.4 is 0 Å². The van der Waals surface area contributed by atoms with Gasteiger partial charge in [0.25, 0.3) is 0 Å². The number of rotatable bonds is 8. The largest absolute Gasteiger partial charge is 0.462 e. The molecule has 8 heteroatoms. The van der Waals surface area contributed by atoms with E-state index in [4.69, 9.17) is 0 Å². The monoisotopic (exact) mass is 350 g/mol. The predicted octanol–water partition coefficient (Wildman–Crippen LogP) is 4.16. The summed E-state index contributed by atoms with van der Waals surface area (Å²) in [6.07, 6.45) is 2.15. The van der Waals surface area contributed by atoms with Gasteiger partial charge in [-0.15, -0.1) is 0 Å². The Morgan fingerprint density at radius 3 is 1.33 bits per heavy atom. The molecule has 0 saturated carbocycles. The number of carbonyl (C=O) groups excluding carboxylic acids is 2. The van der Waals surface area contributed by atoms with Gasteiger partial charge in [-0.1, -0.05) is 26.7 Å². The SMILES string of the molecule is CCCCOC(=O)c1c(F)c(F)c(F)c(F)c1C(=O)OCCCC. The first-order chi connectivity index (χ1) is 11.4. The molecular weight excluding hydrogens is 332 g/mol. The highest BCUT2D eigenvalue weighted by atomic mass is 19.2. The molecule has 1 aromatic rings. The average Bonchev–Trinajstić information content (AvgIpc) is 2.56. The van der Waals surface area contributed by atoms with E-state index in [2.05, 4.69) is 9.47 Å². The molecule has 1 rings (SSSR count). The van der Waals surface area contributed by atoms with E-state index in [1.807, 2.05) is 0 Å². The van der Waals surface area contributed by atoms with E-state index in [-0.39, 0.29) is 13.2 Å². The fourth-order valence-electron chi connectivity index (χ4n) is 1.78. The molecule has 0 radical (unpaired) electrons. The van der Waals surface area contributed by atoms with E-state index in [0.29, 0.717) is 25.7 Å². The fourth-order valence-corrected chi connectivity index (χ4v) is 1.78. The van der Waals surface area contributed by atoms with Crippen molar-refractivity contribution in [2.75, 3.05) is 13.2 Å². The Balaban J connectivity index is 3.28. The van der Waals surface area contributed by atoms with Crippen LogP contribution in [0, 0.1) is 23.3 Å². The van der Waals surface area contributed by atoms with Gasteiger partial charge in [0.05, 0.1) is 13.2 Å². The third-order valence-electron chi connectivity index (χ3n) is 3.14. The molecule has 1 aromatic carbocycles. The molecule has 134 valence electrons. The maximum Gasteiger partial charge on any atom is 0.342 e. The Morgan fingerprint density at radius 1 is 0.708 bits per heavy atom. The summed E-state index contributed by atoms with van der Waals surface area (Å²) in [5.74, 6) is -11.3. The second kappa shape index (κ2) is 9.24. The summed E-state index contributed by atoms with van der Waals surface area (Å²) in [4.78, 5) is 23.8. The Morgan fingerprint density at radius 2 is 1.04 bits per heavy atom. The number of hydrogen-bond donors (Lipinski definition) is 0. The van der Waals surface area contributed by atoms with E-state index < -0.39 is 46.3 Å². The summed E-state index contributed by atoms with van der Waals surface area (Å²) in [5, 5.41) is 0. The Bertz CT molecular complexity index is 564. The maximum absolute atomic E-state index is 13.9. The van der Waals surface area contributed by atoms with Gasteiger partial charge in [0.15, 0.2) is 23.3 Å². The number of halogens is 4. The van der Waals surface area contributed by atoms with Crippen LogP contribution >= 0.6 is 0 Å². The molecule has 0 bridgehead atoms. The lowest BCUT2D eigenvalue weighted by molar-refractivity contribution is 0.0440. The van der Waals surface area contributed by atoms with E-state index in [1.165, 1.54) is 0 Å². The number of carbonyl (C=O) groups is 2. The number of esters is 2. The summed E-state index contributed by atoms with van der Waals surface area (Å²) < 4.78 is 64.0. The highest BCUT2D eigenvalue weighted by Crippen LogP contribution is 2.26. The normalized spacial score (nSPS) is 10.6. The zero-order chi connectivity index (χ0) is 18.3. The minimum atomic E-state index is -2.19.